The summed E-state index contributed by atoms with van der Waals surface area (Å²) in [7, 11) is 1.56. The van der Waals surface area contributed by atoms with Gasteiger partial charge in [-0.3, -0.25) is 14.4 Å². The number of amides is 3. The van der Waals surface area contributed by atoms with Gasteiger partial charge < -0.3 is 25.4 Å². The summed E-state index contributed by atoms with van der Waals surface area (Å²) >= 11 is 6.35. The summed E-state index contributed by atoms with van der Waals surface area (Å²) in [5.74, 6) is -2.00. The molecule has 2 unspecified atom stereocenters. The van der Waals surface area contributed by atoms with E-state index >= 15 is 0 Å². The van der Waals surface area contributed by atoms with Crippen LogP contribution < -0.4 is 10.6 Å². The predicted octanol–water partition coefficient (Wildman–Crippen LogP) is 2.26. The number of aliphatic hydroxyl groups excluding tert-OH is 1. The van der Waals surface area contributed by atoms with Gasteiger partial charge in [-0.25, -0.2) is 0 Å². The monoisotopic (exact) mass is 477 g/mol. The molecule has 0 radical (unpaired) electrons. The van der Waals surface area contributed by atoms with Crippen LogP contribution in [-0.2, 0) is 19.1 Å². The third kappa shape index (κ3) is 4.02. The number of aliphatic hydroxyl groups is 1. The van der Waals surface area contributed by atoms with Crippen molar-refractivity contribution in [2.75, 3.05) is 25.5 Å². The molecule has 180 valence electrons. The van der Waals surface area contributed by atoms with E-state index in [0.29, 0.717) is 42.9 Å². The van der Waals surface area contributed by atoms with E-state index in [1.165, 1.54) is 0 Å². The van der Waals surface area contributed by atoms with Crippen molar-refractivity contribution in [1.29, 1.82) is 0 Å². The summed E-state index contributed by atoms with van der Waals surface area (Å²) < 4.78 is 6.35. The maximum Gasteiger partial charge on any atom is 0.250 e. The number of carbonyl (C=O) groups excluding carboxylic acids is 3. The Hall–Kier alpha value is -2.16. The number of anilines is 1. The quantitative estimate of drug-likeness (QED) is 0.473. The van der Waals surface area contributed by atoms with Crippen molar-refractivity contribution < 1.29 is 24.2 Å². The molecular weight excluding hydrogens is 446 g/mol. The fourth-order valence-electron chi connectivity index (χ4n) is 5.89. The lowest BCUT2D eigenvalue weighted by atomic mass is 9.70. The summed E-state index contributed by atoms with van der Waals surface area (Å²) in [6.45, 7) is 2.40. The molecule has 0 aliphatic carbocycles. The van der Waals surface area contributed by atoms with E-state index < -0.39 is 23.5 Å². The van der Waals surface area contributed by atoms with Gasteiger partial charge in [0.2, 0.25) is 17.7 Å². The van der Waals surface area contributed by atoms with Gasteiger partial charge in [0.1, 0.15) is 11.6 Å². The summed E-state index contributed by atoms with van der Waals surface area (Å²) in [6.07, 6.45) is 3.94. The van der Waals surface area contributed by atoms with Crippen LogP contribution in [0.25, 0.3) is 0 Å². The third-order valence-electron chi connectivity index (χ3n) is 7.37. The first-order chi connectivity index (χ1) is 15.9. The molecule has 3 heterocycles. The molecule has 1 aromatic carbocycles. The zero-order chi connectivity index (χ0) is 23.8. The second-order valence-corrected chi connectivity index (χ2v) is 9.67. The molecule has 3 N–H and O–H groups in total. The highest BCUT2D eigenvalue weighted by atomic mass is 35.5. The number of benzene rings is 1. The van der Waals surface area contributed by atoms with Crippen LogP contribution in [-0.4, -0.2) is 65.7 Å². The molecule has 4 rings (SSSR count). The van der Waals surface area contributed by atoms with E-state index in [0.717, 1.165) is 18.4 Å². The summed E-state index contributed by atoms with van der Waals surface area (Å²) in [6, 6.07) is 4.56. The number of nitrogens with zero attached hydrogens (tertiary/aromatic N) is 1. The molecule has 5 atom stereocenters. The number of nitrogens with one attached hydrogen (secondary N) is 2. The second kappa shape index (κ2) is 9.60. The zero-order valence-electron chi connectivity index (χ0n) is 19.1. The number of likely N-dealkylation sites (tertiary alicyclic amines) is 1. The Morgan fingerprint density at radius 2 is 2.00 bits per heavy atom. The highest BCUT2D eigenvalue weighted by Gasteiger charge is 2.74. The van der Waals surface area contributed by atoms with Crippen molar-refractivity contribution in [3.63, 3.8) is 0 Å². The number of carbonyl (C=O) groups is 3. The van der Waals surface area contributed by atoms with Crippen LogP contribution in [0.15, 0.2) is 18.2 Å². The number of halogens is 1. The Bertz CT molecular complexity index is 920. The maximum atomic E-state index is 13.7. The Morgan fingerprint density at radius 3 is 2.70 bits per heavy atom. The average Bonchev–Trinajstić information content (AvgIpc) is 3.43. The molecule has 0 saturated carbocycles. The van der Waals surface area contributed by atoms with Gasteiger partial charge in [0.05, 0.1) is 28.6 Å². The molecule has 3 amide bonds. The molecule has 3 saturated heterocycles. The number of hydrogen-bond acceptors (Lipinski definition) is 5. The SMILES string of the molecule is CNC(=O)[C@@H]1[C@H]2C(=O)N(CCCCCCO)C(C(=O)Nc3c(C)cccc3Cl)C23CC[C@H]1O3. The van der Waals surface area contributed by atoms with Crippen LogP contribution in [0.4, 0.5) is 5.69 Å². The first kappa shape index (κ1) is 24.0. The minimum absolute atomic E-state index is 0.138. The van der Waals surface area contributed by atoms with Gasteiger partial charge in [-0.05, 0) is 44.2 Å². The fraction of sp³-hybridized carbons (Fsp3) is 0.625. The van der Waals surface area contributed by atoms with Gasteiger partial charge in [-0.2, -0.15) is 0 Å². The molecule has 9 heteroatoms. The van der Waals surface area contributed by atoms with Gasteiger partial charge in [-0.1, -0.05) is 36.6 Å². The Morgan fingerprint density at radius 1 is 1.24 bits per heavy atom. The maximum absolute atomic E-state index is 13.7. The van der Waals surface area contributed by atoms with Crippen LogP contribution in [0.3, 0.4) is 0 Å². The van der Waals surface area contributed by atoms with Crippen molar-refractivity contribution >= 4 is 35.0 Å². The van der Waals surface area contributed by atoms with Gasteiger partial charge >= 0.3 is 0 Å². The normalized spacial score (nSPS) is 29.9. The fourth-order valence-corrected chi connectivity index (χ4v) is 6.16. The molecule has 1 aromatic rings. The first-order valence-electron chi connectivity index (χ1n) is 11.7. The smallest absolute Gasteiger partial charge is 0.250 e. The van der Waals surface area contributed by atoms with Crippen LogP contribution >= 0.6 is 11.6 Å². The van der Waals surface area contributed by atoms with Crippen molar-refractivity contribution in [2.45, 2.75) is 63.2 Å². The number of unbranched alkanes of at least 4 members (excludes halogenated alkanes) is 3. The third-order valence-corrected chi connectivity index (χ3v) is 7.69. The first-order valence-corrected chi connectivity index (χ1v) is 12.1. The van der Waals surface area contributed by atoms with Crippen molar-refractivity contribution in [1.82, 2.24) is 10.2 Å². The molecule has 3 fully saturated rings. The molecular formula is C24H32ClN3O5. The molecule has 8 nitrogen and oxygen atoms in total. The number of para-hydroxylation sites is 1. The highest BCUT2D eigenvalue weighted by molar-refractivity contribution is 6.34. The van der Waals surface area contributed by atoms with E-state index in [4.69, 9.17) is 21.4 Å². The van der Waals surface area contributed by atoms with E-state index in [2.05, 4.69) is 10.6 Å². The van der Waals surface area contributed by atoms with Crippen LogP contribution in [0.2, 0.25) is 5.02 Å². The Kier molecular flexibility index (Phi) is 6.98. The summed E-state index contributed by atoms with van der Waals surface area (Å²) in [5, 5.41) is 15.1. The van der Waals surface area contributed by atoms with E-state index in [9.17, 15) is 14.4 Å². The molecule has 33 heavy (non-hydrogen) atoms. The van der Waals surface area contributed by atoms with Crippen LogP contribution in [0.1, 0.15) is 44.1 Å². The molecule has 0 aromatic heterocycles. The topological polar surface area (TPSA) is 108 Å². The number of fused-ring (bicyclic) bond motifs is 1. The van der Waals surface area contributed by atoms with Gasteiger partial charge in [-0.15, -0.1) is 0 Å². The molecule has 3 aliphatic heterocycles. The van der Waals surface area contributed by atoms with E-state index in [1.54, 1.807) is 18.0 Å². The van der Waals surface area contributed by atoms with Crippen molar-refractivity contribution in [3.05, 3.63) is 28.8 Å². The lowest BCUT2D eigenvalue weighted by Gasteiger charge is -2.33. The lowest BCUT2D eigenvalue weighted by molar-refractivity contribution is -0.140. The molecule has 1 spiro atoms. The number of aryl methyl sites for hydroxylation is 1. The Balaban J connectivity index is 1.64. The second-order valence-electron chi connectivity index (χ2n) is 9.26. The molecule has 3 aliphatic rings. The van der Waals surface area contributed by atoms with Gasteiger partial charge in [0.15, 0.2) is 0 Å². The molecule has 2 bridgehead atoms. The van der Waals surface area contributed by atoms with Gasteiger partial charge in [0.25, 0.3) is 0 Å². The van der Waals surface area contributed by atoms with Crippen molar-refractivity contribution in [3.8, 4) is 0 Å². The van der Waals surface area contributed by atoms with Crippen LogP contribution in [0.5, 0.6) is 0 Å². The summed E-state index contributed by atoms with van der Waals surface area (Å²) in [5.41, 5.74) is 0.336. The van der Waals surface area contributed by atoms with E-state index in [1.807, 2.05) is 19.1 Å². The predicted molar refractivity (Wildman–Crippen MR) is 124 cm³/mol. The van der Waals surface area contributed by atoms with E-state index in [-0.39, 0.29) is 30.4 Å². The number of rotatable bonds is 9. The standard InChI is InChI=1S/C24H32ClN3O5/c1-14-8-7-9-15(25)19(14)27-22(31)20-24-11-10-16(33-24)17(21(30)26-2)18(24)23(32)28(20)12-5-3-4-6-13-29/h7-9,16-18,20,29H,3-6,10-13H2,1-2H3,(H,26,30)(H,27,31)/t16-,17+,18+,20?,24?/m1/s1. The van der Waals surface area contributed by atoms with Gasteiger partial charge in [0, 0.05) is 20.2 Å². The number of hydrogen-bond donors (Lipinski definition) is 3. The Labute approximate surface area is 199 Å². The average molecular weight is 478 g/mol. The largest absolute Gasteiger partial charge is 0.396 e. The number of ether oxygens (including phenoxy) is 1. The summed E-state index contributed by atoms with van der Waals surface area (Å²) in [4.78, 5) is 41.6. The van der Waals surface area contributed by atoms with Crippen LogP contribution in [0, 0.1) is 18.8 Å². The lowest BCUT2D eigenvalue weighted by Crippen LogP contribution is -2.53. The van der Waals surface area contributed by atoms with Crippen molar-refractivity contribution in [2.24, 2.45) is 11.8 Å². The highest BCUT2D eigenvalue weighted by Crippen LogP contribution is 2.58. The zero-order valence-corrected chi connectivity index (χ0v) is 19.9. The minimum Gasteiger partial charge on any atom is -0.396 e. The minimum atomic E-state index is -1.01.